The number of carbonyl (C=O) groups excluding carboxylic acids is 1. The average Bonchev–Trinajstić information content (AvgIpc) is 3.31. The molecule has 1 heterocycles. The number of urea groups is 1. The van der Waals surface area contributed by atoms with E-state index in [1.165, 1.54) is 17.7 Å². The van der Waals surface area contributed by atoms with Crippen LogP contribution in [0.1, 0.15) is 35.2 Å². The quantitative estimate of drug-likeness (QED) is 0.346. The summed E-state index contributed by atoms with van der Waals surface area (Å²) in [6.07, 6.45) is 0. The lowest BCUT2D eigenvalue weighted by Gasteiger charge is -2.17. The molecule has 7 heteroatoms. The number of carbonyl (C=O) groups is 1. The molecule has 2 amide bonds. The summed E-state index contributed by atoms with van der Waals surface area (Å²) in [7, 11) is -3.50. The highest BCUT2D eigenvalue weighted by atomic mass is 32.2. The van der Waals surface area contributed by atoms with Gasteiger partial charge in [0.05, 0.1) is 16.7 Å². The van der Waals surface area contributed by atoms with Crippen molar-refractivity contribution in [2.75, 3.05) is 5.32 Å². The zero-order valence-corrected chi connectivity index (χ0v) is 20.2. The van der Waals surface area contributed by atoms with E-state index < -0.39 is 9.84 Å². The van der Waals surface area contributed by atoms with Crippen molar-refractivity contribution in [3.8, 4) is 0 Å². The third-order valence-electron chi connectivity index (χ3n) is 6.37. The van der Waals surface area contributed by atoms with Crippen LogP contribution in [-0.4, -0.2) is 14.4 Å². The van der Waals surface area contributed by atoms with E-state index >= 15 is 0 Å². The highest BCUT2D eigenvalue weighted by Gasteiger charge is 2.18. The van der Waals surface area contributed by atoms with E-state index in [9.17, 15) is 13.2 Å². The first-order valence-electron chi connectivity index (χ1n) is 11.6. The normalized spacial score (nSPS) is 13.9. The third-order valence-corrected chi connectivity index (χ3v) is 8.07. The van der Waals surface area contributed by atoms with Crippen LogP contribution in [0.15, 0.2) is 89.8 Å². The monoisotopic (exact) mass is 485 g/mol. The number of sulfone groups is 1. The minimum Gasteiger partial charge on any atom is -0.331 e. The van der Waals surface area contributed by atoms with Crippen molar-refractivity contribution in [1.29, 1.82) is 0 Å². The Morgan fingerprint density at radius 2 is 1.66 bits per heavy atom. The lowest BCUT2D eigenvalue weighted by atomic mass is 10.00. The van der Waals surface area contributed by atoms with Crippen LogP contribution in [0.5, 0.6) is 0 Å². The maximum Gasteiger partial charge on any atom is 0.319 e. The summed E-state index contributed by atoms with van der Waals surface area (Å²) in [4.78, 5) is 12.8. The van der Waals surface area contributed by atoms with Crippen molar-refractivity contribution in [2.45, 2.75) is 36.7 Å². The van der Waals surface area contributed by atoms with E-state index in [2.05, 4.69) is 16.0 Å². The van der Waals surface area contributed by atoms with Crippen molar-refractivity contribution < 1.29 is 13.2 Å². The predicted octanol–water partition coefficient (Wildman–Crippen LogP) is 5.30. The van der Waals surface area contributed by atoms with Crippen LogP contribution in [-0.2, 0) is 28.7 Å². The molecule has 1 aliphatic heterocycles. The molecule has 1 aliphatic rings. The van der Waals surface area contributed by atoms with Gasteiger partial charge in [-0.3, -0.25) is 0 Å². The van der Waals surface area contributed by atoms with Gasteiger partial charge in [0, 0.05) is 18.8 Å². The van der Waals surface area contributed by atoms with Gasteiger partial charge in [0.15, 0.2) is 9.84 Å². The number of benzene rings is 4. The van der Waals surface area contributed by atoms with Crippen molar-refractivity contribution >= 4 is 32.3 Å². The van der Waals surface area contributed by atoms with Crippen molar-refractivity contribution in [3.63, 3.8) is 0 Å². The molecule has 4 aromatic carbocycles. The van der Waals surface area contributed by atoms with Gasteiger partial charge in [-0.15, -0.1) is 0 Å². The number of rotatable bonds is 6. The Morgan fingerprint density at radius 1 is 0.914 bits per heavy atom. The van der Waals surface area contributed by atoms with Gasteiger partial charge in [-0.05, 0) is 64.2 Å². The predicted molar refractivity (Wildman–Crippen MR) is 139 cm³/mol. The Bertz CT molecular complexity index is 1490. The molecule has 0 spiro atoms. The van der Waals surface area contributed by atoms with E-state index in [1.54, 1.807) is 12.1 Å². The molecular formula is C28H27N3O3S. The van der Waals surface area contributed by atoms with E-state index in [0.717, 1.165) is 40.6 Å². The molecule has 6 nitrogen and oxygen atoms in total. The first-order chi connectivity index (χ1) is 16.9. The number of hydrogen-bond acceptors (Lipinski definition) is 4. The molecule has 4 aromatic rings. The topological polar surface area (TPSA) is 87.3 Å². The third kappa shape index (κ3) is 5.06. The van der Waals surface area contributed by atoms with Crippen molar-refractivity contribution in [1.82, 2.24) is 10.6 Å². The highest BCUT2D eigenvalue weighted by Crippen LogP contribution is 2.25. The summed E-state index contributed by atoms with van der Waals surface area (Å²) in [6.45, 7) is 3.53. The number of anilines is 1. The first-order valence-corrected chi connectivity index (χ1v) is 13.2. The summed E-state index contributed by atoms with van der Waals surface area (Å²) in [5, 5.41) is 11.2. The molecule has 1 unspecified atom stereocenters. The number of amides is 2. The second kappa shape index (κ2) is 9.52. The molecule has 0 saturated heterocycles. The molecule has 35 heavy (non-hydrogen) atoms. The molecule has 0 bridgehead atoms. The molecule has 178 valence electrons. The van der Waals surface area contributed by atoms with Gasteiger partial charge in [-0.25, -0.2) is 13.2 Å². The minimum atomic E-state index is -3.50. The van der Waals surface area contributed by atoms with E-state index in [4.69, 9.17) is 0 Å². The molecule has 0 fully saturated rings. The lowest BCUT2D eigenvalue weighted by molar-refractivity contribution is 0.249. The Balaban J connectivity index is 1.23. The second-order valence-corrected chi connectivity index (χ2v) is 10.9. The fourth-order valence-corrected chi connectivity index (χ4v) is 5.89. The SMILES string of the molecule is CC(NC(=O)Nc1ccc(S(=O)(=O)Cc2ccc3c(c2)CNC3)cc1)c1cccc2ccccc12. The zero-order chi connectivity index (χ0) is 24.4. The smallest absolute Gasteiger partial charge is 0.319 e. The molecule has 5 rings (SSSR count). The molecule has 0 aromatic heterocycles. The Morgan fingerprint density at radius 3 is 2.49 bits per heavy atom. The van der Waals surface area contributed by atoms with Crippen LogP contribution >= 0.6 is 0 Å². The first kappa shape index (κ1) is 23.1. The van der Waals surface area contributed by atoms with Crippen LogP contribution < -0.4 is 16.0 Å². The molecule has 1 atom stereocenters. The van der Waals surface area contributed by atoms with Crippen LogP contribution in [0.2, 0.25) is 0 Å². The Hall–Kier alpha value is -3.68. The van der Waals surface area contributed by atoms with Crippen molar-refractivity contribution in [2.24, 2.45) is 0 Å². The molecule has 0 aliphatic carbocycles. The highest BCUT2D eigenvalue weighted by molar-refractivity contribution is 7.90. The Kier molecular flexibility index (Phi) is 6.28. The van der Waals surface area contributed by atoms with Crippen LogP contribution in [0.4, 0.5) is 10.5 Å². The van der Waals surface area contributed by atoms with E-state index in [0.29, 0.717) is 5.69 Å². The second-order valence-electron chi connectivity index (χ2n) is 8.88. The van der Waals surface area contributed by atoms with Gasteiger partial charge in [0.2, 0.25) is 0 Å². The molecular weight excluding hydrogens is 458 g/mol. The van der Waals surface area contributed by atoms with E-state index in [1.807, 2.05) is 67.6 Å². The van der Waals surface area contributed by atoms with Crippen molar-refractivity contribution in [3.05, 3.63) is 107 Å². The summed E-state index contributed by atoms with van der Waals surface area (Å²) >= 11 is 0. The average molecular weight is 486 g/mol. The van der Waals surface area contributed by atoms with Gasteiger partial charge in [0.1, 0.15) is 0 Å². The standard InChI is InChI=1S/C28H27N3O3S/c1-19(26-8-4-6-21-5-2-3-7-27(21)26)30-28(32)31-24-11-13-25(14-12-24)35(33,34)18-20-9-10-22-16-29-17-23(22)15-20/h2-15,19,29H,16-18H2,1H3,(H2,30,31,32). The number of fused-ring (bicyclic) bond motifs is 2. The van der Waals surface area contributed by atoms with Gasteiger partial charge in [-0.1, -0.05) is 60.7 Å². The van der Waals surface area contributed by atoms with Crippen LogP contribution in [0.25, 0.3) is 10.8 Å². The van der Waals surface area contributed by atoms with Crippen LogP contribution in [0.3, 0.4) is 0 Å². The molecule has 0 saturated carbocycles. The fourth-order valence-electron chi connectivity index (χ4n) is 4.56. The summed E-state index contributed by atoms with van der Waals surface area (Å²) in [5.41, 5.74) is 4.70. The van der Waals surface area contributed by atoms with Gasteiger partial charge in [-0.2, -0.15) is 0 Å². The minimum absolute atomic E-state index is 0.0594. The summed E-state index contributed by atoms with van der Waals surface area (Å²) in [5.74, 6) is -0.0594. The van der Waals surface area contributed by atoms with E-state index in [-0.39, 0.29) is 22.7 Å². The maximum atomic E-state index is 12.9. The fraction of sp³-hybridized carbons (Fsp3) is 0.179. The lowest BCUT2D eigenvalue weighted by Crippen LogP contribution is -2.31. The summed E-state index contributed by atoms with van der Waals surface area (Å²) < 4.78 is 25.9. The van der Waals surface area contributed by atoms with Gasteiger partial charge in [0.25, 0.3) is 0 Å². The number of hydrogen-bond donors (Lipinski definition) is 3. The zero-order valence-electron chi connectivity index (χ0n) is 19.4. The largest absolute Gasteiger partial charge is 0.331 e. The molecule has 3 N–H and O–H groups in total. The van der Waals surface area contributed by atoms with Gasteiger partial charge < -0.3 is 16.0 Å². The molecule has 0 radical (unpaired) electrons. The number of nitrogens with one attached hydrogen (secondary N) is 3. The van der Waals surface area contributed by atoms with Gasteiger partial charge >= 0.3 is 6.03 Å². The maximum absolute atomic E-state index is 12.9. The summed E-state index contributed by atoms with van der Waals surface area (Å²) in [6, 6.07) is 25.7. The van der Waals surface area contributed by atoms with Crippen LogP contribution in [0, 0.1) is 0 Å². The Labute approximate surface area is 205 Å².